The minimum atomic E-state index is -1.83. The summed E-state index contributed by atoms with van der Waals surface area (Å²) in [7, 11) is 3.29. The molecule has 3 heterocycles. The number of aromatic amines is 1. The van der Waals surface area contributed by atoms with E-state index in [0.717, 1.165) is 27.6 Å². The number of nitrogens with zero attached hydrogens (tertiary/aromatic N) is 2. The molecule has 2 fully saturated rings. The molecule has 11 amide bonds. The Bertz CT molecular complexity index is 2860. The molecular weight excluding hydrogens is 1100 g/mol. The zero-order valence-corrected chi connectivity index (χ0v) is 48.0. The molecule has 30 heteroatoms. The van der Waals surface area contributed by atoms with Gasteiger partial charge in [0.2, 0.25) is 65.0 Å². The van der Waals surface area contributed by atoms with Crippen LogP contribution < -0.4 is 58.6 Å². The highest BCUT2D eigenvalue weighted by Crippen LogP contribution is 2.31. The summed E-state index contributed by atoms with van der Waals surface area (Å²) in [5, 5.41) is 69.6. The third-order valence-corrected chi connectivity index (χ3v) is 15.4. The zero-order chi connectivity index (χ0) is 61.2. The monoisotopic (exact) mass is 1180 g/mol. The number of carbonyl (C=O) groups is 11. The number of aromatic nitrogens is 1. The van der Waals surface area contributed by atoms with Crippen molar-refractivity contribution in [3.63, 3.8) is 0 Å². The highest BCUT2D eigenvalue weighted by molar-refractivity contribution is 7.99. The first-order valence-corrected chi connectivity index (χ1v) is 27.9. The molecule has 454 valence electrons. The molecule has 0 spiro atoms. The number of nitrogens with one attached hydrogen (secondary N) is 12. The molecule has 2 aliphatic rings. The largest absolute Gasteiger partial charge is 0.508 e. The molecule has 2 aromatic carbocycles. The van der Waals surface area contributed by atoms with Crippen molar-refractivity contribution in [1.82, 2.24) is 68.2 Å². The van der Waals surface area contributed by atoms with Crippen LogP contribution in [0.15, 0.2) is 47.5 Å². The molecule has 0 saturated carbocycles. The van der Waals surface area contributed by atoms with Crippen molar-refractivity contribution in [2.75, 3.05) is 64.5 Å². The van der Waals surface area contributed by atoms with Crippen LogP contribution in [-0.2, 0) is 59.3 Å². The van der Waals surface area contributed by atoms with E-state index in [-0.39, 0.29) is 24.6 Å². The number of thioether (sulfide) groups is 1. The van der Waals surface area contributed by atoms with Crippen LogP contribution in [0.4, 0.5) is 5.69 Å². The zero-order valence-electron chi connectivity index (χ0n) is 47.2. The third-order valence-electron chi connectivity index (χ3n) is 14.2. The summed E-state index contributed by atoms with van der Waals surface area (Å²) in [5.74, 6) is -11.3. The van der Waals surface area contributed by atoms with Crippen LogP contribution in [0.25, 0.3) is 10.9 Å². The van der Waals surface area contributed by atoms with E-state index >= 15 is 0 Å². The maximum atomic E-state index is 14.9. The molecule has 83 heavy (non-hydrogen) atoms. The summed E-state index contributed by atoms with van der Waals surface area (Å²) in [4.78, 5) is 154. The van der Waals surface area contributed by atoms with Gasteiger partial charge in [0.15, 0.2) is 0 Å². The number of benzene rings is 2. The van der Waals surface area contributed by atoms with Crippen LogP contribution in [-0.4, -0.2) is 208 Å². The van der Waals surface area contributed by atoms with E-state index in [9.17, 15) is 73.2 Å². The number of aliphatic hydroxyl groups excluding tert-OH is 3. The lowest BCUT2D eigenvalue weighted by Crippen LogP contribution is -2.61. The molecule has 2 saturated heterocycles. The topological polar surface area (TPSA) is 423 Å². The van der Waals surface area contributed by atoms with Crippen LogP contribution in [0.5, 0.6) is 5.75 Å². The van der Waals surface area contributed by atoms with E-state index in [1.807, 2.05) is 0 Å². The second kappa shape index (κ2) is 31.0. The van der Waals surface area contributed by atoms with Gasteiger partial charge >= 0.3 is 0 Å². The van der Waals surface area contributed by atoms with Gasteiger partial charge in [-0.05, 0) is 62.2 Å². The quantitative estimate of drug-likeness (QED) is 0.0424. The van der Waals surface area contributed by atoms with Crippen molar-refractivity contribution >= 4 is 93.3 Å². The number of hydrazine groups is 1. The SMILES string of the molecule is CCC(C)C1NC(=O)CNC(=O)CNC(=O)C([C@@H](C)C(O)CO)NC(=O)C2C[C@@H](O)CN2C(=O)C(CC(=O)NCc2ccc(NC(=O)C(C)NC(=O)CN(C)NC)cc2)NC(=O)[C@H](CSc2[nH]c3cc(O)ccc3c2C)NC(=O)CNC1=O. The number of phenolic OH excluding ortho intramolecular Hbond substituents is 1. The van der Waals surface area contributed by atoms with Gasteiger partial charge in [-0.3, -0.25) is 58.2 Å². The maximum absolute atomic E-state index is 14.9. The van der Waals surface area contributed by atoms with Gasteiger partial charge in [0.25, 0.3) is 0 Å². The number of likely N-dealkylation sites (N-methyl/N-ethyl adjacent to an activating group) is 1. The number of aryl methyl sites for hydroxylation is 1. The van der Waals surface area contributed by atoms with Gasteiger partial charge in [-0.1, -0.05) is 39.3 Å². The molecule has 2 aliphatic heterocycles. The Labute approximate surface area is 482 Å². The number of phenols is 1. The Hall–Kier alpha value is -7.90. The lowest BCUT2D eigenvalue weighted by Gasteiger charge is -2.32. The maximum Gasteiger partial charge on any atom is 0.246 e. The minimum absolute atomic E-state index is 0.0112. The molecule has 0 aliphatic carbocycles. The fourth-order valence-corrected chi connectivity index (χ4v) is 9.95. The normalized spacial score (nSPS) is 22.5. The Morgan fingerprint density at radius 1 is 0.807 bits per heavy atom. The average molecular weight is 1180 g/mol. The molecule has 0 radical (unpaired) electrons. The van der Waals surface area contributed by atoms with Gasteiger partial charge < -0.3 is 83.5 Å². The summed E-state index contributed by atoms with van der Waals surface area (Å²) < 4.78 is 0. The van der Waals surface area contributed by atoms with Crippen LogP contribution in [0, 0.1) is 18.8 Å². The van der Waals surface area contributed by atoms with E-state index in [1.54, 1.807) is 65.2 Å². The van der Waals surface area contributed by atoms with E-state index in [4.69, 9.17) is 0 Å². The molecule has 5 rings (SSSR count). The van der Waals surface area contributed by atoms with Gasteiger partial charge in [-0.2, -0.15) is 0 Å². The standard InChI is InChI=1S/C53H76N14O15S/c1-8-26(2)45-50(80)58-21-42(74)61-37(25-83-52-27(3)34-14-13-32(69)15-35(34)63-52)48(78)62-36(17-40(72)55-18-30-9-11-31(12-10-30)60-47(77)29(5)59-44(76)23-66(7)54-6)53(82)67-22-33(70)16-38(67)49(79)65-46(28(4)39(71)24-68)51(81)57-19-41(73)56-20-43(75)64-45/h9-15,26,28-29,33,36-39,45-46,54,63,68-71H,8,16-25H2,1-7H3,(H,55,72)(H,56,73)(H,57,81)(H,58,80)(H,59,76)(H,60,77)(H,61,74)(H,62,78)(H,64,75)(H,65,79)/t26?,28-,29?,33+,36?,37-,38?,39?,45?,46?/m0/s1. The number of hydrogen-bond acceptors (Lipinski definition) is 18. The fraction of sp³-hybridized carbons (Fsp3) is 0.528. The van der Waals surface area contributed by atoms with Gasteiger partial charge in [0.1, 0.15) is 42.0 Å². The summed E-state index contributed by atoms with van der Waals surface area (Å²) in [6.45, 7) is 4.34. The molecule has 16 N–H and O–H groups in total. The van der Waals surface area contributed by atoms with E-state index in [0.29, 0.717) is 28.2 Å². The number of anilines is 1. The highest BCUT2D eigenvalue weighted by atomic mass is 32.2. The van der Waals surface area contributed by atoms with Crippen molar-refractivity contribution in [3.05, 3.63) is 53.6 Å². The van der Waals surface area contributed by atoms with Gasteiger partial charge in [-0.15, -0.1) is 11.8 Å². The second-order valence-electron chi connectivity index (χ2n) is 20.5. The summed E-state index contributed by atoms with van der Waals surface area (Å²) in [6.07, 6.45) is -3.81. The smallest absolute Gasteiger partial charge is 0.246 e. The van der Waals surface area contributed by atoms with Gasteiger partial charge in [0, 0.05) is 55.4 Å². The number of carbonyl (C=O) groups excluding carboxylic acids is 11. The first kappa shape index (κ1) is 65.9. The van der Waals surface area contributed by atoms with Crippen LogP contribution >= 0.6 is 11.8 Å². The number of aliphatic hydroxyl groups is 3. The number of amides is 11. The van der Waals surface area contributed by atoms with Crippen LogP contribution in [0.1, 0.15) is 58.1 Å². The Kier molecular flexibility index (Phi) is 24.6. The number of aromatic hydroxyl groups is 1. The predicted octanol–water partition coefficient (Wildman–Crippen LogP) is -4.21. The molecule has 1 aromatic heterocycles. The lowest BCUT2D eigenvalue weighted by molar-refractivity contribution is -0.144. The van der Waals surface area contributed by atoms with E-state index < -0.39 is 171 Å². The van der Waals surface area contributed by atoms with Crippen molar-refractivity contribution in [2.45, 2.75) is 114 Å². The van der Waals surface area contributed by atoms with Crippen molar-refractivity contribution < 1.29 is 73.2 Å². The van der Waals surface area contributed by atoms with Gasteiger partial charge in [0.05, 0.1) is 62.0 Å². The number of H-pyrrole nitrogens is 1. The summed E-state index contributed by atoms with van der Waals surface area (Å²) in [6, 6.07) is 2.17. The number of fused-ring (bicyclic) bond motifs is 2. The molecule has 29 nitrogen and oxygen atoms in total. The fourth-order valence-electron chi connectivity index (χ4n) is 8.88. The molecular formula is C53H76N14O15S. The Balaban J connectivity index is 1.47. The van der Waals surface area contributed by atoms with Crippen molar-refractivity contribution in [1.29, 1.82) is 0 Å². The second-order valence-corrected chi connectivity index (χ2v) is 21.5. The third kappa shape index (κ3) is 19.1. The highest BCUT2D eigenvalue weighted by Gasteiger charge is 2.44. The van der Waals surface area contributed by atoms with Crippen LogP contribution in [0.2, 0.25) is 0 Å². The molecule has 7 unspecified atom stereocenters. The van der Waals surface area contributed by atoms with Crippen LogP contribution in [0.3, 0.4) is 0 Å². The first-order valence-electron chi connectivity index (χ1n) is 26.9. The summed E-state index contributed by atoms with van der Waals surface area (Å²) in [5.41, 5.74) is 4.94. The Morgan fingerprint density at radius 3 is 2.12 bits per heavy atom. The molecule has 3 aromatic rings. The minimum Gasteiger partial charge on any atom is -0.508 e. The van der Waals surface area contributed by atoms with E-state index in [1.165, 1.54) is 31.0 Å². The summed E-state index contributed by atoms with van der Waals surface area (Å²) >= 11 is 1.07. The van der Waals surface area contributed by atoms with E-state index in [2.05, 4.69) is 63.6 Å². The predicted molar refractivity (Wildman–Crippen MR) is 301 cm³/mol. The average Bonchev–Trinajstić information content (AvgIpc) is 4.23. The lowest BCUT2D eigenvalue weighted by atomic mass is 9.94. The molecule has 10 atom stereocenters. The molecule has 0 bridgehead atoms. The van der Waals surface area contributed by atoms with Crippen molar-refractivity contribution in [2.24, 2.45) is 11.8 Å². The number of hydrogen-bond donors (Lipinski definition) is 16. The Morgan fingerprint density at radius 2 is 1.46 bits per heavy atom. The first-order chi connectivity index (χ1) is 39.3. The number of rotatable bonds is 18. The van der Waals surface area contributed by atoms with Crippen molar-refractivity contribution in [3.8, 4) is 5.75 Å². The van der Waals surface area contributed by atoms with Gasteiger partial charge in [-0.25, -0.2) is 5.01 Å².